The van der Waals surface area contributed by atoms with Crippen molar-refractivity contribution in [3.8, 4) is 0 Å². The Bertz CT molecular complexity index is 832. The molecule has 0 unspecified atom stereocenters. The van der Waals surface area contributed by atoms with Gasteiger partial charge in [0.1, 0.15) is 5.82 Å². The molecule has 24 heavy (non-hydrogen) atoms. The molecule has 3 rings (SSSR count). The molecule has 2 aromatic heterocycles. The number of hydrogen-bond acceptors (Lipinski definition) is 5. The lowest BCUT2D eigenvalue weighted by Gasteiger charge is -2.06. The number of aryl methyl sites for hydroxylation is 1. The third-order valence-electron chi connectivity index (χ3n) is 3.65. The molecular formula is C16H19N7O. The lowest BCUT2D eigenvalue weighted by Crippen LogP contribution is -2.12. The van der Waals surface area contributed by atoms with Crippen LogP contribution in [-0.4, -0.2) is 35.9 Å². The zero-order valence-electron chi connectivity index (χ0n) is 13.8. The van der Waals surface area contributed by atoms with Crippen LogP contribution in [0.25, 0.3) is 0 Å². The molecule has 0 aliphatic heterocycles. The summed E-state index contributed by atoms with van der Waals surface area (Å²) in [6.45, 7) is 6.48. The van der Waals surface area contributed by atoms with Crippen molar-refractivity contribution in [2.45, 2.75) is 33.4 Å². The predicted molar refractivity (Wildman–Crippen MR) is 88.7 cm³/mol. The number of carbonyl (C=O) groups is 1. The summed E-state index contributed by atoms with van der Waals surface area (Å²) in [7, 11) is 0. The molecule has 3 aromatic rings. The topological polar surface area (TPSA) is 90.5 Å². The van der Waals surface area contributed by atoms with Crippen LogP contribution in [0.4, 0.5) is 5.69 Å². The average molecular weight is 325 g/mol. The van der Waals surface area contributed by atoms with Gasteiger partial charge in [-0.15, -0.1) is 5.10 Å². The van der Waals surface area contributed by atoms with Crippen molar-refractivity contribution >= 4 is 11.6 Å². The minimum absolute atomic E-state index is 0.163. The van der Waals surface area contributed by atoms with Gasteiger partial charge in [0.2, 0.25) is 0 Å². The number of amides is 1. The molecule has 0 spiro atoms. The Morgan fingerprint density at radius 1 is 1.25 bits per heavy atom. The summed E-state index contributed by atoms with van der Waals surface area (Å²) in [5.74, 6) is 0.586. The van der Waals surface area contributed by atoms with E-state index in [-0.39, 0.29) is 11.9 Å². The maximum absolute atomic E-state index is 12.3. The van der Waals surface area contributed by atoms with E-state index in [4.69, 9.17) is 0 Å². The molecule has 2 heterocycles. The van der Waals surface area contributed by atoms with Crippen LogP contribution in [-0.2, 0) is 6.54 Å². The highest BCUT2D eigenvalue weighted by atomic mass is 16.1. The first kappa shape index (κ1) is 15.9. The van der Waals surface area contributed by atoms with Crippen LogP contribution < -0.4 is 5.32 Å². The molecule has 0 saturated carbocycles. The zero-order valence-corrected chi connectivity index (χ0v) is 13.8. The van der Waals surface area contributed by atoms with E-state index in [1.54, 1.807) is 27.7 Å². The summed E-state index contributed by atoms with van der Waals surface area (Å²) in [6.07, 6.45) is 3.46. The minimum Gasteiger partial charge on any atom is -0.319 e. The van der Waals surface area contributed by atoms with Crippen molar-refractivity contribution in [3.63, 3.8) is 0 Å². The first-order valence-electron chi connectivity index (χ1n) is 7.70. The molecular weight excluding hydrogens is 306 g/mol. The van der Waals surface area contributed by atoms with Crippen LogP contribution in [0.2, 0.25) is 0 Å². The van der Waals surface area contributed by atoms with E-state index >= 15 is 0 Å². The Hall–Kier alpha value is -3.03. The number of aromatic nitrogens is 6. The van der Waals surface area contributed by atoms with E-state index in [2.05, 4.69) is 25.9 Å². The van der Waals surface area contributed by atoms with Gasteiger partial charge < -0.3 is 5.32 Å². The van der Waals surface area contributed by atoms with Crippen LogP contribution in [0, 0.1) is 6.92 Å². The van der Waals surface area contributed by atoms with Crippen LogP contribution in [0.5, 0.6) is 0 Å². The Labute approximate surface area is 139 Å². The summed E-state index contributed by atoms with van der Waals surface area (Å²) in [4.78, 5) is 12.3. The minimum atomic E-state index is -0.163. The normalized spacial score (nSPS) is 11.0. The highest BCUT2D eigenvalue weighted by Crippen LogP contribution is 2.13. The quantitative estimate of drug-likeness (QED) is 0.775. The van der Waals surface area contributed by atoms with Crippen molar-refractivity contribution in [2.24, 2.45) is 0 Å². The van der Waals surface area contributed by atoms with E-state index in [9.17, 15) is 4.79 Å². The predicted octanol–water partition coefficient (Wildman–Crippen LogP) is 2.06. The Balaban J connectivity index is 1.66. The molecule has 0 aliphatic rings. The maximum Gasteiger partial charge on any atom is 0.255 e. The number of rotatable bonds is 5. The van der Waals surface area contributed by atoms with Crippen molar-refractivity contribution < 1.29 is 4.79 Å². The first-order chi connectivity index (χ1) is 11.5. The van der Waals surface area contributed by atoms with Gasteiger partial charge in [0.25, 0.3) is 5.91 Å². The molecule has 8 heteroatoms. The SMILES string of the molecule is Cc1nnnn1Cc1ccc(C(=O)Nc2cnn(C(C)C)c2)cc1. The van der Waals surface area contributed by atoms with Gasteiger partial charge in [0, 0.05) is 17.8 Å². The molecule has 124 valence electrons. The van der Waals surface area contributed by atoms with Gasteiger partial charge in [-0.25, -0.2) is 4.68 Å². The molecule has 0 aliphatic carbocycles. The molecule has 0 saturated heterocycles. The summed E-state index contributed by atoms with van der Waals surface area (Å²) in [5.41, 5.74) is 2.29. The molecule has 0 bridgehead atoms. The summed E-state index contributed by atoms with van der Waals surface area (Å²) >= 11 is 0. The van der Waals surface area contributed by atoms with Crippen LogP contribution in [0.3, 0.4) is 0 Å². The van der Waals surface area contributed by atoms with E-state index in [1.165, 1.54) is 0 Å². The van der Waals surface area contributed by atoms with Crippen LogP contribution in [0.15, 0.2) is 36.7 Å². The fraction of sp³-hybridized carbons (Fsp3) is 0.312. The highest BCUT2D eigenvalue weighted by molar-refractivity contribution is 6.04. The number of nitrogens with one attached hydrogen (secondary N) is 1. The third kappa shape index (κ3) is 3.48. The van der Waals surface area contributed by atoms with Gasteiger partial charge in [-0.1, -0.05) is 12.1 Å². The largest absolute Gasteiger partial charge is 0.319 e. The van der Waals surface area contributed by atoms with Crippen molar-refractivity contribution in [3.05, 3.63) is 53.6 Å². The van der Waals surface area contributed by atoms with Gasteiger partial charge in [-0.2, -0.15) is 5.10 Å². The van der Waals surface area contributed by atoms with E-state index in [0.29, 0.717) is 17.8 Å². The van der Waals surface area contributed by atoms with Crippen LogP contribution >= 0.6 is 0 Å². The van der Waals surface area contributed by atoms with Gasteiger partial charge in [0.05, 0.1) is 18.4 Å². The maximum atomic E-state index is 12.3. The zero-order chi connectivity index (χ0) is 17.1. The highest BCUT2D eigenvalue weighted by Gasteiger charge is 2.09. The number of tetrazole rings is 1. The molecule has 0 fully saturated rings. The van der Waals surface area contributed by atoms with Crippen molar-refractivity contribution in [1.29, 1.82) is 0 Å². The van der Waals surface area contributed by atoms with Gasteiger partial charge in [-0.3, -0.25) is 9.48 Å². The van der Waals surface area contributed by atoms with Crippen LogP contribution in [0.1, 0.15) is 41.6 Å². The molecule has 0 atom stereocenters. The fourth-order valence-corrected chi connectivity index (χ4v) is 2.22. The fourth-order valence-electron chi connectivity index (χ4n) is 2.22. The Morgan fingerprint density at radius 2 is 2.00 bits per heavy atom. The van der Waals surface area contributed by atoms with Gasteiger partial charge in [-0.05, 0) is 48.9 Å². The lowest BCUT2D eigenvalue weighted by molar-refractivity contribution is 0.102. The second-order valence-electron chi connectivity index (χ2n) is 5.84. The van der Waals surface area contributed by atoms with Gasteiger partial charge in [0.15, 0.2) is 0 Å². The average Bonchev–Trinajstić information content (AvgIpc) is 3.18. The number of anilines is 1. The lowest BCUT2D eigenvalue weighted by atomic mass is 10.1. The van der Waals surface area contributed by atoms with Gasteiger partial charge >= 0.3 is 0 Å². The van der Waals surface area contributed by atoms with E-state index < -0.39 is 0 Å². The number of benzene rings is 1. The Kier molecular flexibility index (Phi) is 4.37. The second kappa shape index (κ2) is 6.61. The summed E-state index contributed by atoms with van der Waals surface area (Å²) in [6, 6.07) is 7.62. The molecule has 1 N–H and O–H groups in total. The first-order valence-corrected chi connectivity index (χ1v) is 7.70. The Morgan fingerprint density at radius 3 is 2.58 bits per heavy atom. The smallest absolute Gasteiger partial charge is 0.255 e. The molecule has 1 amide bonds. The van der Waals surface area contributed by atoms with E-state index in [0.717, 1.165) is 11.4 Å². The monoisotopic (exact) mass is 325 g/mol. The number of hydrogen-bond donors (Lipinski definition) is 1. The van der Waals surface area contributed by atoms with E-state index in [1.807, 2.05) is 39.1 Å². The third-order valence-corrected chi connectivity index (χ3v) is 3.65. The number of nitrogens with zero attached hydrogens (tertiary/aromatic N) is 6. The number of carbonyl (C=O) groups excluding carboxylic acids is 1. The molecule has 8 nitrogen and oxygen atoms in total. The second-order valence-corrected chi connectivity index (χ2v) is 5.84. The summed E-state index contributed by atoms with van der Waals surface area (Å²) in [5, 5.41) is 18.4. The molecule has 0 radical (unpaired) electrons. The van der Waals surface area contributed by atoms with Crippen molar-refractivity contribution in [2.75, 3.05) is 5.32 Å². The standard InChI is InChI=1S/C16H19N7O/c1-11(2)22-10-15(8-17-22)18-16(24)14-6-4-13(5-7-14)9-23-12(3)19-20-21-23/h4-8,10-11H,9H2,1-3H3,(H,18,24). The van der Waals surface area contributed by atoms with Crippen molar-refractivity contribution in [1.82, 2.24) is 30.0 Å². The molecule has 1 aromatic carbocycles. The summed E-state index contributed by atoms with van der Waals surface area (Å²) < 4.78 is 3.50.